The van der Waals surface area contributed by atoms with Crippen molar-refractivity contribution < 1.29 is 4.74 Å². The second kappa shape index (κ2) is 8.04. The minimum Gasteiger partial charge on any atom is -0.492 e. The number of rotatable bonds is 8. The molecule has 1 aromatic rings. The number of allylic oxidation sites excluding steroid dienone is 1. The Kier molecular flexibility index (Phi) is 6.30. The first-order chi connectivity index (χ1) is 7.43. The maximum atomic E-state index is 5.53. The number of nitrogens with zero attached hydrogens (tertiary/aromatic N) is 1. The van der Waals surface area contributed by atoms with Gasteiger partial charge in [0, 0.05) is 6.20 Å². The van der Waals surface area contributed by atoms with Crippen molar-refractivity contribution in [2.45, 2.75) is 32.1 Å². The summed E-state index contributed by atoms with van der Waals surface area (Å²) >= 11 is 0. The van der Waals surface area contributed by atoms with E-state index in [0.29, 0.717) is 0 Å². The number of hydrogen-bond acceptors (Lipinski definition) is 2. The first-order valence-corrected chi connectivity index (χ1v) is 5.57. The largest absolute Gasteiger partial charge is 0.492 e. The lowest BCUT2D eigenvalue weighted by Crippen LogP contribution is -1.97. The smallest absolute Gasteiger partial charge is 0.137 e. The Morgan fingerprint density at radius 2 is 2.13 bits per heavy atom. The zero-order valence-corrected chi connectivity index (χ0v) is 9.19. The Morgan fingerprint density at radius 1 is 1.27 bits per heavy atom. The van der Waals surface area contributed by atoms with Crippen LogP contribution < -0.4 is 4.74 Å². The Bertz CT molecular complexity index is 258. The van der Waals surface area contributed by atoms with E-state index in [2.05, 4.69) is 11.6 Å². The summed E-state index contributed by atoms with van der Waals surface area (Å²) in [5.41, 5.74) is 0. The molecule has 0 fully saturated rings. The van der Waals surface area contributed by atoms with Crippen molar-refractivity contribution in [2.24, 2.45) is 0 Å². The minimum absolute atomic E-state index is 0.791. The third kappa shape index (κ3) is 5.89. The SMILES string of the molecule is C=CCCCCCCOc1cccnc1. The van der Waals surface area contributed by atoms with Gasteiger partial charge >= 0.3 is 0 Å². The minimum atomic E-state index is 0.791. The fourth-order valence-corrected chi connectivity index (χ4v) is 1.37. The summed E-state index contributed by atoms with van der Waals surface area (Å²) < 4.78 is 5.53. The van der Waals surface area contributed by atoms with E-state index in [9.17, 15) is 0 Å². The summed E-state index contributed by atoms with van der Waals surface area (Å²) in [5, 5.41) is 0. The average Bonchev–Trinajstić information content (AvgIpc) is 2.29. The van der Waals surface area contributed by atoms with Gasteiger partial charge in [-0.2, -0.15) is 0 Å². The molecule has 1 aromatic heterocycles. The molecular weight excluding hydrogens is 186 g/mol. The highest BCUT2D eigenvalue weighted by Gasteiger charge is 1.92. The summed E-state index contributed by atoms with van der Waals surface area (Å²) in [5.74, 6) is 0.864. The van der Waals surface area contributed by atoms with Gasteiger partial charge in [0.05, 0.1) is 12.8 Å². The third-order valence-electron chi connectivity index (χ3n) is 2.21. The van der Waals surface area contributed by atoms with E-state index < -0.39 is 0 Å². The zero-order chi connectivity index (χ0) is 10.8. The van der Waals surface area contributed by atoms with Gasteiger partial charge in [-0.1, -0.05) is 18.9 Å². The van der Waals surface area contributed by atoms with Crippen LogP contribution in [0.25, 0.3) is 0 Å². The van der Waals surface area contributed by atoms with Gasteiger partial charge in [0.15, 0.2) is 0 Å². The van der Waals surface area contributed by atoms with Crippen LogP contribution >= 0.6 is 0 Å². The summed E-state index contributed by atoms with van der Waals surface area (Å²) in [6.07, 6.45) is 11.5. The summed E-state index contributed by atoms with van der Waals surface area (Å²) in [7, 11) is 0. The molecule has 1 heterocycles. The second-order valence-electron chi connectivity index (χ2n) is 3.53. The molecule has 0 radical (unpaired) electrons. The van der Waals surface area contributed by atoms with E-state index >= 15 is 0 Å². The highest BCUT2D eigenvalue weighted by molar-refractivity contribution is 5.15. The van der Waals surface area contributed by atoms with Crippen LogP contribution in [0, 0.1) is 0 Å². The topological polar surface area (TPSA) is 22.1 Å². The van der Waals surface area contributed by atoms with Crippen molar-refractivity contribution in [2.75, 3.05) is 6.61 Å². The average molecular weight is 205 g/mol. The summed E-state index contributed by atoms with van der Waals surface area (Å²) in [6, 6.07) is 3.82. The Hall–Kier alpha value is -1.31. The molecule has 0 bridgehead atoms. The molecule has 0 atom stereocenters. The van der Waals surface area contributed by atoms with Crippen LogP contribution in [0.2, 0.25) is 0 Å². The van der Waals surface area contributed by atoms with Crippen molar-refractivity contribution >= 4 is 0 Å². The number of aromatic nitrogens is 1. The highest BCUT2D eigenvalue weighted by atomic mass is 16.5. The first kappa shape index (κ1) is 11.8. The van der Waals surface area contributed by atoms with Gasteiger partial charge in [0.25, 0.3) is 0 Å². The molecule has 0 saturated carbocycles. The van der Waals surface area contributed by atoms with Crippen LogP contribution in [-0.2, 0) is 0 Å². The summed E-state index contributed by atoms with van der Waals surface area (Å²) in [4.78, 5) is 3.99. The fraction of sp³-hybridized carbons (Fsp3) is 0.462. The van der Waals surface area contributed by atoms with Gasteiger partial charge in [-0.15, -0.1) is 6.58 Å². The maximum absolute atomic E-state index is 5.53. The molecule has 0 amide bonds. The normalized spacial score (nSPS) is 9.87. The van der Waals surface area contributed by atoms with E-state index in [1.165, 1.54) is 19.3 Å². The van der Waals surface area contributed by atoms with Crippen molar-refractivity contribution in [1.29, 1.82) is 0 Å². The zero-order valence-electron chi connectivity index (χ0n) is 9.19. The Balaban J connectivity index is 1.95. The fourth-order valence-electron chi connectivity index (χ4n) is 1.37. The van der Waals surface area contributed by atoms with Crippen molar-refractivity contribution in [3.8, 4) is 5.75 Å². The van der Waals surface area contributed by atoms with Crippen LogP contribution in [0.4, 0.5) is 0 Å². The third-order valence-corrected chi connectivity index (χ3v) is 2.21. The molecule has 0 aliphatic rings. The monoisotopic (exact) mass is 205 g/mol. The van der Waals surface area contributed by atoms with Gasteiger partial charge in [-0.05, 0) is 31.4 Å². The molecule has 15 heavy (non-hydrogen) atoms. The number of ether oxygens (including phenoxy) is 1. The highest BCUT2D eigenvalue weighted by Crippen LogP contribution is 2.08. The lowest BCUT2D eigenvalue weighted by molar-refractivity contribution is 0.303. The second-order valence-corrected chi connectivity index (χ2v) is 3.53. The van der Waals surface area contributed by atoms with Gasteiger partial charge in [-0.25, -0.2) is 0 Å². The first-order valence-electron chi connectivity index (χ1n) is 5.57. The lowest BCUT2D eigenvalue weighted by Gasteiger charge is -2.04. The van der Waals surface area contributed by atoms with Crippen LogP contribution in [0.3, 0.4) is 0 Å². The summed E-state index contributed by atoms with van der Waals surface area (Å²) in [6.45, 7) is 4.49. The van der Waals surface area contributed by atoms with Gasteiger partial charge < -0.3 is 4.74 Å². The molecular formula is C13H19NO. The van der Waals surface area contributed by atoms with Crippen molar-refractivity contribution in [1.82, 2.24) is 4.98 Å². The van der Waals surface area contributed by atoms with Crippen LogP contribution in [-0.4, -0.2) is 11.6 Å². The van der Waals surface area contributed by atoms with Crippen LogP contribution in [0.5, 0.6) is 5.75 Å². The van der Waals surface area contributed by atoms with Gasteiger partial charge in [0.1, 0.15) is 5.75 Å². The predicted molar refractivity (Wildman–Crippen MR) is 63.0 cm³/mol. The molecule has 0 spiro atoms. The van der Waals surface area contributed by atoms with Gasteiger partial charge in [0.2, 0.25) is 0 Å². The van der Waals surface area contributed by atoms with Crippen molar-refractivity contribution in [3.63, 3.8) is 0 Å². The molecule has 0 aliphatic heterocycles. The van der Waals surface area contributed by atoms with Crippen molar-refractivity contribution in [3.05, 3.63) is 37.2 Å². The molecule has 1 rings (SSSR count). The maximum Gasteiger partial charge on any atom is 0.137 e. The standard InChI is InChI=1S/C13H19NO/c1-2-3-4-5-6-7-11-15-13-9-8-10-14-12-13/h2,8-10,12H,1,3-7,11H2. The quantitative estimate of drug-likeness (QED) is 0.478. The van der Waals surface area contributed by atoms with Gasteiger partial charge in [-0.3, -0.25) is 4.98 Å². The number of pyridine rings is 1. The van der Waals surface area contributed by atoms with E-state index in [1.54, 1.807) is 12.4 Å². The Morgan fingerprint density at radius 3 is 2.87 bits per heavy atom. The molecule has 2 nitrogen and oxygen atoms in total. The molecule has 0 unspecified atom stereocenters. The van der Waals surface area contributed by atoms with E-state index in [0.717, 1.165) is 25.2 Å². The molecule has 82 valence electrons. The van der Waals surface area contributed by atoms with Crippen LogP contribution in [0.1, 0.15) is 32.1 Å². The number of unbranched alkanes of at least 4 members (excludes halogenated alkanes) is 4. The molecule has 2 heteroatoms. The lowest BCUT2D eigenvalue weighted by atomic mass is 10.1. The van der Waals surface area contributed by atoms with E-state index in [-0.39, 0.29) is 0 Å². The predicted octanol–water partition coefficient (Wildman–Crippen LogP) is 3.60. The number of hydrogen-bond donors (Lipinski definition) is 0. The molecule has 0 aliphatic carbocycles. The Labute approximate surface area is 92.0 Å². The molecule has 0 saturated heterocycles. The molecule has 0 aromatic carbocycles. The van der Waals surface area contributed by atoms with E-state index in [1.807, 2.05) is 18.2 Å². The van der Waals surface area contributed by atoms with Crippen LogP contribution in [0.15, 0.2) is 37.2 Å². The molecule has 0 N–H and O–H groups in total. The van der Waals surface area contributed by atoms with E-state index in [4.69, 9.17) is 4.74 Å².